The van der Waals surface area contributed by atoms with Crippen LogP contribution in [0.4, 0.5) is 0 Å². The lowest BCUT2D eigenvalue weighted by Gasteiger charge is -2.58. The first-order chi connectivity index (χ1) is 24.7. The number of amides is 1. The van der Waals surface area contributed by atoms with Crippen molar-refractivity contribution in [1.82, 2.24) is 10.2 Å². The van der Waals surface area contributed by atoms with Gasteiger partial charge in [0.2, 0.25) is 5.91 Å². The Morgan fingerprint density at radius 3 is 2.22 bits per heavy atom. The van der Waals surface area contributed by atoms with Crippen molar-refractivity contribution >= 4 is 49.1 Å². The van der Waals surface area contributed by atoms with E-state index in [9.17, 15) is 9.59 Å². The van der Waals surface area contributed by atoms with Gasteiger partial charge in [-0.3, -0.25) is 9.59 Å². The zero-order chi connectivity index (χ0) is 38.1. The number of nitrogens with two attached hydrogens (primary N) is 2. The molecule has 5 N–H and O–H groups in total. The second-order valence-corrected chi connectivity index (χ2v) is 19.2. The fraction of sp³-hybridized carbons (Fsp3) is 0.911. The molecular formula is C45H85Cl3N4O3. The van der Waals surface area contributed by atoms with E-state index in [1.54, 1.807) is 5.57 Å². The van der Waals surface area contributed by atoms with E-state index < -0.39 is 0 Å². The Morgan fingerprint density at radius 1 is 0.855 bits per heavy atom. The van der Waals surface area contributed by atoms with Crippen LogP contribution in [-0.2, 0) is 14.3 Å². The molecule has 0 aliphatic heterocycles. The highest BCUT2D eigenvalue weighted by Gasteiger charge is 2.59. The summed E-state index contributed by atoms with van der Waals surface area (Å²) in [5.41, 5.74) is 14.1. The first kappa shape index (κ1) is 52.4. The molecule has 324 valence electrons. The third kappa shape index (κ3) is 14.0. The average molecular weight is 837 g/mol. The number of hydrogen-bond acceptors (Lipinski definition) is 6. The molecule has 3 saturated carbocycles. The minimum absolute atomic E-state index is 0. The van der Waals surface area contributed by atoms with Crippen LogP contribution in [0.1, 0.15) is 165 Å². The molecule has 3 fully saturated rings. The minimum atomic E-state index is -0.222. The lowest BCUT2D eigenvalue weighted by Crippen LogP contribution is -2.51. The summed E-state index contributed by atoms with van der Waals surface area (Å²) in [6, 6.07) is 0.249. The average Bonchev–Trinajstić information content (AvgIpc) is 3.45. The fourth-order valence-corrected chi connectivity index (χ4v) is 11.7. The van der Waals surface area contributed by atoms with Crippen LogP contribution in [-0.4, -0.2) is 61.1 Å². The molecule has 0 heterocycles. The number of unbranched alkanes of at least 4 members (excludes halogenated alkanes) is 1. The first-order valence-corrected chi connectivity index (χ1v) is 22.1. The Labute approximate surface area is 356 Å². The Kier molecular flexibility index (Phi) is 23.4. The molecule has 2 unspecified atom stereocenters. The molecule has 0 spiro atoms. The smallest absolute Gasteiger partial charge is 0.306 e. The number of rotatable bonds is 21. The van der Waals surface area contributed by atoms with Gasteiger partial charge >= 0.3 is 5.97 Å². The molecule has 0 aromatic rings. The first-order valence-electron chi connectivity index (χ1n) is 22.1. The number of carbonyl (C=O) groups excluding carboxylic acids is 2. The Bertz CT molecular complexity index is 1170. The maximum atomic E-state index is 13.3. The number of nitrogens with zero attached hydrogens (tertiary/aromatic N) is 1. The second kappa shape index (κ2) is 24.5. The number of carbonyl (C=O) groups is 2. The molecule has 10 heteroatoms. The van der Waals surface area contributed by atoms with Gasteiger partial charge in [0, 0.05) is 38.0 Å². The maximum absolute atomic E-state index is 13.3. The van der Waals surface area contributed by atoms with Crippen molar-refractivity contribution in [3.63, 3.8) is 0 Å². The summed E-state index contributed by atoms with van der Waals surface area (Å²) in [6.45, 7) is 22.2. The molecule has 0 aromatic carbocycles. The lowest BCUT2D eigenvalue weighted by molar-refractivity contribution is -0.153. The van der Waals surface area contributed by atoms with Crippen molar-refractivity contribution in [3.05, 3.63) is 11.6 Å². The fourth-order valence-electron chi connectivity index (χ4n) is 11.7. The van der Waals surface area contributed by atoms with Crippen LogP contribution in [0.2, 0.25) is 0 Å². The van der Waals surface area contributed by atoms with Crippen molar-refractivity contribution < 1.29 is 14.3 Å². The number of ether oxygens (including phenoxy) is 1. The molecular weight excluding hydrogens is 751 g/mol. The normalized spacial score (nSPS) is 30.5. The zero-order valence-electron chi connectivity index (χ0n) is 36.3. The van der Waals surface area contributed by atoms with Gasteiger partial charge in [0.1, 0.15) is 6.10 Å². The standard InChI is InChI=1S/C45H82N4O3.3ClH/c1-9-35(31(2)3)13-12-32(4)39-16-17-40-38-15-14-36-30-37(20-24-44(36,7)41(38)21-25-45(39,40)8)52-43(51)19-18-42(50)49(29-23-34(6)47)28-11-10-26-48-27-22-33(5)46;;;/h14,31-35,37-41,48H,9-13,15-30,46-47H2,1-8H3;3*1H/t32-,33?,34?,35-,37+,38+,39-,40+,41+,44+,45-;;;/m1.../s1. The molecule has 1 amide bonds. The van der Waals surface area contributed by atoms with E-state index in [0.29, 0.717) is 18.5 Å². The molecule has 0 aromatic heterocycles. The van der Waals surface area contributed by atoms with Gasteiger partial charge in [-0.1, -0.05) is 66.0 Å². The molecule has 0 radical (unpaired) electrons. The summed E-state index contributed by atoms with van der Waals surface area (Å²) in [6.07, 6.45) is 20.3. The van der Waals surface area contributed by atoms with Crippen LogP contribution >= 0.6 is 37.2 Å². The van der Waals surface area contributed by atoms with Gasteiger partial charge in [-0.05, 0) is 156 Å². The van der Waals surface area contributed by atoms with Crippen LogP contribution in [0.15, 0.2) is 11.6 Å². The van der Waals surface area contributed by atoms with Crippen molar-refractivity contribution in [1.29, 1.82) is 0 Å². The number of hydrogen-bond donors (Lipinski definition) is 3. The van der Waals surface area contributed by atoms with Gasteiger partial charge < -0.3 is 26.4 Å². The van der Waals surface area contributed by atoms with E-state index in [-0.39, 0.29) is 85.5 Å². The molecule has 0 saturated heterocycles. The van der Waals surface area contributed by atoms with Gasteiger partial charge in [-0.2, -0.15) is 0 Å². The summed E-state index contributed by atoms with van der Waals surface area (Å²) < 4.78 is 6.10. The summed E-state index contributed by atoms with van der Waals surface area (Å²) in [4.78, 5) is 28.3. The number of fused-ring (bicyclic) bond motifs is 5. The third-order valence-electron chi connectivity index (χ3n) is 15.1. The number of halogens is 3. The van der Waals surface area contributed by atoms with Crippen molar-refractivity contribution in [2.45, 2.75) is 183 Å². The summed E-state index contributed by atoms with van der Waals surface area (Å²) in [5, 5.41) is 3.44. The van der Waals surface area contributed by atoms with E-state index >= 15 is 0 Å². The predicted octanol–water partition coefficient (Wildman–Crippen LogP) is 10.3. The minimum Gasteiger partial charge on any atom is -0.462 e. The van der Waals surface area contributed by atoms with Crippen molar-refractivity contribution in [3.8, 4) is 0 Å². The van der Waals surface area contributed by atoms with Gasteiger partial charge in [0.15, 0.2) is 0 Å². The lowest BCUT2D eigenvalue weighted by atomic mass is 9.47. The summed E-state index contributed by atoms with van der Waals surface area (Å²) >= 11 is 0. The Morgan fingerprint density at radius 2 is 1.56 bits per heavy atom. The van der Waals surface area contributed by atoms with Crippen LogP contribution in [0.25, 0.3) is 0 Å². The molecule has 4 aliphatic carbocycles. The van der Waals surface area contributed by atoms with Crippen LogP contribution in [0, 0.1) is 52.3 Å². The molecule has 0 bridgehead atoms. The van der Waals surface area contributed by atoms with Gasteiger partial charge in [0.05, 0.1) is 6.42 Å². The Hall–Kier alpha value is -0.570. The maximum Gasteiger partial charge on any atom is 0.306 e. The third-order valence-corrected chi connectivity index (χ3v) is 15.1. The van der Waals surface area contributed by atoms with Gasteiger partial charge in [0.25, 0.3) is 0 Å². The quantitative estimate of drug-likeness (QED) is 0.0603. The highest BCUT2D eigenvalue weighted by atomic mass is 35.5. The summed E-state index contributed by atoms with van der Waals surface area (Å²) in [7, 11) is 0. The van der Waals surface area contributed by atoms with Crippen LogP contribution in [0.5, 0.6) is 0 Å². The zero-order valence-corrected chi connectivity index (χ0v) is 38.7. The van der Waals surface area contributed by atoms with E-state index in [1.807, 2.05) is 18.7 Å². The second-order valence-electron chi connectivity index (χ2n) is 19.2. The van der Waals surface area contributed by atoms with Crippen LogP contribution in [0.3, 0.4) is 0 Å². The molecule has 55 heavy (non-hydrogen) atoms. The van der Waals surface area contributed by atoms with E-state index in [0.717, 1.165) is 99.5 Å². The molecule has 4 rings (SSSR count). The van der Waals surface area contributed by atoms with Gasteiger partial charge in [-0.15, -0.1) is 37.2 Å². The highest BCUT2D eigenvalue weighted by molar-refractivity contribution is 5.86. The van der Waals surface area contributed by atoms with Crippen molar-refractivity contribution in [2.24, 2.45) is 63.7 Å². The number of nitrogens with one attached hydrogen (secondary N) is 1. The molecule has 11 atom stereocenters. The SMILES string of the molecule is CC[C@H](CC[C@@H](C)[C@H]1CC[C@H]2[C@@H]3CC=C4C[C@@H](OC(=O)CCC(=O)N(CCCCNCCC(C)N)CCC(C)N)CC[C@]4(C)[C@H]3CC[C@]12C)C(C)C.Cl.Cl.Cl. The van der Waals surface area contributed by atoms with Crippen molar-refractivity contribution in [2.75, 3.05) is 26.2 Å². The monoisotopic (exact) mass is 835 g/mol. The predicted molar refractivity (Wildman–Crippen MR) is 238 cm³/mol. The Balaban J connectivity index is 0.00000504. The summed E-state index contributed by atoms with van der Waals surface area (Å²) in [5.74, 6) is 5.58. The van der Waals surface area contributed by atoms with E-state index in [2.05, 4.69) is 52.9 Å². The molecule has 4 aliphatic rings. The number of allylic oxidation sites excluding steroid dienone is 1. The van der Waals surface area contributed by atoms with E-state index in [4.69, 9.17) is 16.2 Å². The van der Waals surface area contributed by atoms with Gasteiger partial charge in [-0.25, -0.2) is 0 Å². The van der Waals surface area contributed by atoms with Crippen LogP contribution < -0.4 is 16.8 Å². The molecule has 7 nitrogen and oxygen atoms in total. The number of esters is 1. The largest absolute Gasteiger partial charge is 0.462 e. The van der Waals surface area contributed by atoms with E-state index in [1.165, 1.54) is 51.4 Å². The topological polar surface area (TPSA) is 111 Å². The highest BCUT2D eigenvalue weighted by Crippen LogP contribution is 2.67.